The van der Waals surface area contributed by atoms with Crippen LogP contribution in [0.25, 0.3) is 0 Å². The van der Waals surface area contributed by atoms with Crippen LogP contribution < -0.4 is 5.32 Å². The van der Waals surface area contributed by atoms with Crippen molar-refractivity contribution >= 4 is 44.2 Å². The fourth-order valence-electron chi connectivity index (χ4n) is 2.51. The van der Waals surface area contributed by atoms with E-state index in [4.69, 9.17) is 0 Å². The van der Waals surface area contributed by atoms with Crippen molar-refractivity contribution in [1.82, 2.24) is 9.29 Å². The molecule has 0 bridgehead atoms. The number of sulfonamides is 1. The molecule has 1 N–H and O–H groups in total. The first-order valence-electron chi connectivity index (χ1n) is 8.18. The number of amides is 1. The van der Waals surface area contributed by atoms with Gasteiger partial charge in [-0.25, -0.2) is 13.4 Å². The molecule has 0 saturated carbocycles. The second-order valence-corrected chi connectivity index (χ2v) is 9.63. The molecule has 0 spiro atoms. The summed E-state index contributed by atoms with van der Waals surface area (Å²) in [4.78, 5) is 17.1. The number of benzene rings is 1. The average molecular weight is 414 g/mol. The lowest BCUT2D eigenvalue weighted by Gasteiger charge is -2.19. The first-order chi connectivity index (χ1) is 12.2. The minimum absolute atomic E-state index is 0.122. The highest BCUT2D eigenvalue weighted by Crippen LogP contribution is 2.30. The van der Waals surface area contributed by atoms with Crippen molar-refractivity contribution in [2.45, 2.75) is 36.8 Å². The zero-order valence-electron chi connectivity index (χ0n) is 15.5. The Morgan fingerprint density at radius 3 is 2.46 bits per heavy atom. The summed E-state index contributed by atoms with van der Waals surface area (Å²) in [5.74, 6) is -0.361. The fraction of sp³-hybridized carbons (Fsp3) is 0.412. The van der Waals surface area contributed by atoms with Crippen molar-refractivity contribution in [1.29, 1.82) is 0 Å². The normalized spacial score (nSPS) is 11.8. The van der Waals surface area contributed by atoms with Crippen LogP contribution in [0.15, 0.2) is 27.3 Å². The number of aromatic nitrogens is 1. The first-order valence-corrected chi connectivity index (χ1v) is 11.7. The number of rotatable bonds is 7. The third-order valence-electron chi connectivity index (χ3n) is 3.96. The van der Waals surface area contributed by atoms with Crippen LogP contribution >= 0.6 is 23.1 Å². The Hall–Kier alpha value is -1.42. The third-order valence-corrected chi connectivity index (χ3v) is 8.29. The van der Waals surface area contributed by atoms with Crippen LogP contribution in [0.4, 0.5) is 5.13 Å². The fourth-order valence-corrected chi connectivity index (χ4v) is 5.60. The number of hydrogen-bond acceptors (Lipinski definition) is 6. The molecular weight excluding hydrogens is 390 g/mol. The van der Waals surface area contributed by atoms with E-state index < -0.39 is 10.0 Å². The second kappa shape index (κ2) is 8.51. The van der Waals surface area contributed by atoms with E-state index in [-0.39, 0.29) is 10.8 Å². The van der Waals surface area contributed by atoms with Crippen LogP contribution in [0, 0.1) is 13.8 Å². The van der Waals surface area contributed by atoms with Crippen molar-refractivity contribution in [3.8, 4) is 0 Å². The number of hydrogen-bond donors (Lipinski definition) is 1. The maximum absolute atomic E-state index is 12.7. The Morgan fingerprint density at radius 1 is 1.27 bits per heavy atom. The van der Waals surface area contributed by atoms with E-state index in [2.05, 4.69) is 10.3 Å². The summed E-state index contributed by atoms with van der Waals surface area (Å²) in [6.07, 6.45) is 1.96. The van der Waals surface area contributed by atoms with E-state index in [1.54, 1.807) is 44.7 Å². The van der Waals surface area contributed by atoms with Crippen LogP contribution in [0.2, 0.25) is 0 Å². The zero-order valence-corrected chi connectivity index (χ0v) is 17.9. The van der Waals surface area contributed by atoms with Crippen LogP contribution in [0.1, 0.15) is 35.5 Å². The third kappa shape index (κ3) is 4.28. The number of carbonyl (C=O) groups excluding carboxylic acids is 1. The summed E-state index contributed by atoms with van der Waals surface area (Å²) >= 11 is 2.98. The maximum atomic E-state index is 12.7. The molecule has 0 aliphatic carbocycles. The number of nitrogens with one attached hydrogen (secondary N) is 1. The average Bonchev–Trinajstić information content (AvgIpc) is 2.95. The number of thiazole rings is 1. The molecule has 6 nitrogen and oxygen atoms in total. The molecule has 0 fully saturated rings. The standard InChI is InChI=1S/C17H23N3O3S3/c1-6-20(7-2)26(22,23)13-9-8-11(3)14(10-13)15(21)19-17-18-12(4)16(24-5)25-17/h8-10H,6-7H2,1-5H3,(H,18,19,21). The molecule has 142 valence electrons. The van der Waals surface area contributed by atoms with Gasteiger partial charge in [0.15, 0.2) is 5.13 Å². The molecule has 0 aliphatic heterocycles. The van der Waals surface area contributed by atoms with Gasteiger partial charge in [0.25, 0.3) is 5.91 Å². The van der Waals surface area contributed by atoms with E-state index in [0.717, 1.165) is 9.90 Å². The monoisotopic (exact) mass is 413 g/mol. The Labute approximate surface area is 163 Å². The van der Waals surface area contributed by atoms with E-state index in [1.165, 1.54) is 21.7 Å². The van der Waals surface area contributed by atoms with Crippen LogP contribution in [0.5, 0.6) is 0 Å². The molecule has 2 aromatic rings. The van der Waals surface area contributed by atoms with Crippen molar-refractivity contribution in [3.05, 3.63) is 35.0 Å². The minimum atomic E-state index is -3.62. The highest BCUT2D eigenvalue weighted by molar-refractivity contribution is 8.00. The Bertz CT molecular complexity index is 903. The predicted molar refractivity (Wildman–Crippen MR) is 108 cm³/mol. The molecule has 0 unspecified atom stereocenters. The van der Waals surface area contributed by atoms with E-state index in [9.17, 15) is 13.2 Å². The number of nitrogens with zero attached hydrogens (tertiary/aromatic N) is 2. The Kier molecular flexibility index (Phi) is 6.84. The van der Waals surface area contributed by atoms with Crippen LogP contribution in [-0.2, 0) is 10.0 Å². The molecule has 1 aromatic heterocycles. The van der Waals surface area contributed by atoms with Crippen molar-refractivity contribution in [3.63, 3.8) is 0 Å². The quantitative estimate of drug-likeness (QED) is 0.699. The molecule has 1 heterocycles. The number of aryl methyl sites for hydroxylation is 2. The summed E-state index contributed by atoms with van der Waals surface area (Å²) < 4.78 is 27.8. The van der Waals surface area contributed by atoms with Crippen LogP contribution in [0.3, 0.4) is 0 Å². The highest BCUT2D eigenvalue weighted by atomic mass is 32.2. The first kappa shape index (κ1) is 20.9. The van der Waals surface area contributed by atoms with Gasteiger partial charge < -0.3 is 0 Å². The number of anilines is 1. The summed E-state index contributed by atoms with van der Waals surface area (Å²) in [5.41, 5.74) is 1.91. The summed E-state index contributed by atoms with van der Waals surface area (Å²) in [5, 5.41) is 3.28. The Morgan fingerprint density at radius 2 is 1.92 bits per heavy atom. The number of carbonyl (C=O) groups is 1. The van der Waals surface area contributed by atoms with Gasteiger partial charge in [-0.1, -0.05) is 31.3 Å². The van der Waals surface area contributed by atoms with Crippen LogP contribution in [-0.4, -0.2) is 43.0 Å². The van der Waals surface area contributed by atoms with E-state index in [0.29, 0.717) is 29.3 Å². The van der Waals surface area contributed by atoms with Gasteiger partial charge in [-0.3, -0.25) is 10.1 Å². The van der Waals surface area contributed by atoms with Crippen molar-refractivity contribution in [2.24, 2.45) is 0 Å². The lowest BCUT2D eigenvalue weighted by molar-refractivity contribution is 0.102. The maximum Gasteiger partial charge on any atom is 0.257 e. The zero-order chi connectivity index (χ0) is 19.5. The van der Waals surface area contributed by atoms with Gasteiger partial charge in [0.2, 0.25) is 10.0 Å². The van der Waals surface area contributed by atoms with Gasteiger partial charge in [0.05, 0.1) is 14.8 Å². The van der Waals surface area contributed by atoms with Crippen molar-refractivity contribution < 1.29 is 13.2 Å². The molecule has 0 saturated heterocycles. The molecular formula is C17H23N3O3S3. The SMILES string of the molecule is CCN(CC)S(=O)(=O)c1ccc(C)c(C(=O)Nc2nc(C)c(SC)s2)c1. The molecule has 0 atom stereocenters. The molecule has 0 radical (unpaired) electrons. The molecule has 2 rings (SSSR count). The predicted octanol–water partition coefficient (Wildman–Crippen LogP) is 3.76. The summed E-state index contributed by atoms with van der Waals surface area (Å²) in [7, 11) is -3.62. The lowest BCUT2D eigenvalue weighted by atomic mass is 10.1. The second-order valence-electron chi connectivity index (χ2n) is 5.62. The van der Waals surface area contributed by atoms with Gasteiger partial charge in [-0.2, -0.15) is 4.31 Å². The highest BCUT2D eigenvalue weighted by Gasteiger charge is 2.23. The van der Waals surface area contributed by atoms with Gasteiger partial charge in [-0.05, 0) is 37.8 Å². The smallest absolute Gasteiger partial charge is 0.257 e. The van der Waals surface area contributed by atoms with Gasteiger partial charge in [-0.15, -0.1) is 11.8 Å². The lowest BCUT2D eigenvalue weighted by Crippen LogP contribution is -2.30. The summed E-state index contributed by atoms with van der Waals surface area (Å²) in [6, 6.07) is 4.64. The van der Waals surface area contributed by atoms with E-state index in [1.807, 2.05) is 13.2 Å². The van der Waals surface area contributed by atoms with Gasteiger partial charge in [0, 0.05) is 18.7 Å². The van der Waals surface area contributed by atoms with Crippen molar-refractivity contribution in [2.75, 3.05) is 24.7 Å². The molecule has 26 heavy (non-hydrogen) atoms. The minimum Gasteiger partial charge on any atom is -0.298 e. The van der Waals surface area contributed by atoms with Gasteiger partial charge in [0.1, 0.15) is 0 Å². The van der Waals surface area contributed by atoms with Gasteiger partial charge >= 0.3 is 0 Å². The number of thioether (sulfide) groups is 1. The largest absolute Gasteiger partial charge is 0.298 e. The summed E-state index contributed by atoms with van der Waals surface area (Å²) in [6.45, 7) is 8.01. The van der Waals surface area contributed by atoms with E-state index >= 15 is 0 Å². The molecule has 1 amide bonds. The molecule has 9 heteroatoms. The topological polar surface area (TPSA) is 79.4 Å². The Balaban J connectivity index is 2.35. The molecule has 1 aromatic carbocycles. The molecule has 0 aliphatic rings.